The topological polar surface area (TPSA) is 73.1 Å². The van der Waals surface area contributed by atoms with Gasteiger partial charge < -0.3 is 10.2 Å². The average Bonchev–Trinajstić information content (AvgIpc) is 2.41. The molecule has 0 aliphatic rings. The molecule has 1 heterocycles. The maximum atomic E-state index is 13.4. The Balaban J connectivity index is 2.31. The Bertz CT molecular complexity index is 530. The molecule has 0 fully saturated rings. The lowest BCUT2D eigenvalue weighted by Gasteiger charge is -2.08. The van der Waals surface area contributed by atoms with Gasteiger partial charge in [0.2, 0.25) is 5.88 Å². The van der Waals surface area contributed by atoms with Crippen molar-refractivity contribution in [2.75, 3.05) is 11.7 Å². The van der Waals surface area contributed by atoms with E-state index in [0.717, 1.165) is 0 Å². The molecule has 0 atom stereocenters. The number of hydrazine groups is 1. The van der Waals surface area contributed by atoms with E-state index in [1.54, 1.807) is 12.1 Å². The van der Waals surface area contributed by atoms with Crippen molar-refractivity contribution >= 4 is 17.6 Å². The number of benzene rings is 1. The number of nitrogen functional groups attached to an aromatic ring is 1. The van der Waals surface area contributed by atoms with Gasteiger partial charge in [-0.1, -0.05) is 23.9 Å². The zero-order chi connectivity index (χ0) is 13.0. The highest BCUT2D eigenvalue weighted by atomic mass is 32.2. The van der Waals surface area contributed by atoms with E-state index in [2.05, 4.69) is 15.4 Å². The number of nitrogens with two attached hydrogens (primary N) is 1. The summed E-state index contributed by atoms with van der Waals surface area (Å²) in [5.74, 6) is 5.57. The molecule has 5 nitrogen and oxygen atoms in total. The van der Waals surface area contributed by atoms with Crippen LogP contribution in [-0.4, -0.2) is 16.2 Å². The number of anilines is 1. The lowest BCUT2D eigenvalue weighted by molar-refractivity contribution is 0.422. The number of aromatic nitrogens is 2. The van der Waals surface area contributed by atoms with Gasteiger partial charge in [-0.2, -0.15) is 4.98 Å². The van der Waals surface area contributed by atoms with E-state index in [9.17, 15) is 4.39 Å². The molecular formula is C11H11FN4OS. The van der Waals surface area contributed by atoms with Gasteiger partial charge in [0, 0.05) is 6.07 Å². The fraction of sp³-hybridized carbons (Fsp3) is 0.0909. The first kappa shape index (κ1) is 12.6. The molecule has 1 aromatic carbocycles. The Morgan fingerprint density at radius 1 is 1.33 bits per heavy atom. The summed E-state index contributed by atoms with van der Waals surface area (Å²) in [5, 5.41) is 0.483. The van der Waals surface area contributed by atoms with Crippen LogP contribution in [-0.2, 0) is 0 Å². The first-order valence-electron chi connectivity index (χ1n) is 5.05. The van der Waals surface area contributed by atoms with Crippen LogP contribution < -0.4 is 16.0 Å². The van der Waals surface area contributed by atoms with E-state index in [-0.39, 0.29) is 11.6 Å². The third kappa shape index (κ3) is 2.88. The smallest absolute Gasteiger partial charge is 0.225 e. The normalized spacial score (nSPS) is 10.2. The maximum Gasteiger partial charge on any atom is 0.225 e. The summed E-state index contributed by atoms with van der Waals surface area (Å²) in [4.78, 5) is 8.18. The van der Waals surface area contributed by atoms with E-state index in [4.69, 9.17) is 10.6 Å². The van der Waals surface area contributed by atoms with E-state index in [1.807, 2.05) is 6.26 Å². The van der Waals surface area contributed by atoms with Crippen molar-refractivity contribution in [1.29, 1.82) is 0 Å². The summed E-state index contributed by atoms with van der Waals surface area (Å²) in [6, 6.07) is 7.59. The van der Waals surface area contributed by atoms with Crippen LogP contribution in [0.3, 0.4) is 0 Å². The lowest BCUT2D eigenvalue weighted by atomic mass is 10.3. The molecule has 1 aromatic heterocycles. The zero-order valence-corrected chi connectivity index (χ0v) is 10.4. The second-order valence-electron chi connectivity index (χ2n) is 3.25. The molecule has 0 aliphatic carbocycles. The quantitative estimate of drug-likeness (QED) is 0.383. The third-order valence-electron chi connectivity index (χ3n) is 2.06. The molecule has 0 amide bonds. The molecule has 2 aromatic rings. The largest absolute Gasteiger partial charge is 0.436 e. The Morgan fingerprint density at radius 2 is 2.11 bits per heavy atom. The van der Waals surface area contributed by atoms with Gasteiger partial charge in [-0.3, -0.25) is 0 Å². The van der Waals surface area contributed by atoms with E-state index < -0.39 is 5.82 Å². The fourth-order valence-electron chi connectivity index (χ4n) is 1.26. The van der Waals surface area contributed by atoms with Crippen molar-refractivity contribution in [2.45, 2.75) is 5.16 Å². The monoisotopic (exact) mass is 266 g/mol. The van der Waals surface area contributed by atoms with Gasteiger partial charge in [-0.05, 0) is 18.4 Å². The average molecular weight is 266 g/mol. The summed E-state index contributed by atoms with van der Waals surface area (Å²) in [7, 11) is 0. The van der Waals surface area contributed by atoms with Gasteiger partial charge in [-0.15, -0.1) is 0 Å². The number of nitrogens with zero attached hydrogens (tertiary/aromatic N) is 2. The number of rotatable bonds is 4. The Hall–Kier alpha value is -1.86. The van der Waals surface area contributed by atoms with Gasteiger partial charge in [-0.25, -0.2) is 15.2 Å². The van der Waals surface area contributed by atoms with Crippen LogP contribution in [0, 0.1) is 5.82 Å². The summed E-state index contributed by atoms with van der Waals surface area (Å²) in [6.45, 7) is 0. The van der Waals surface area contributed by atoms with E-state index >= 15 is 0 Å². The van der Waals surface area contributed by atoms with Crippen molar-refractivity contribution in [3.63, 3.8) is 0 Å². The number of thioether (sulfide) groups is 1. The van der Waals surface area contributed by atoms with Crippen LogP contribution >= 0.6 is 11.8 Å². The number of ether oxygens (including phenoxy) is 1. The Labute approximate surface area is 108 Å². The standard InChI is InChI=1S/C11H11FN4OS/c1-18-11-14-9(16-13)6-10(15-11)17-8-5-3-2-4-7(8)12/h2-6H,13H2,1H3,(H,14,15,16). The van der Waals surface area contributed by atoms with Gasteiger partial charge in [0.1, 0.15) is 5.82 Å². The van der Waals surface area contributed by atoms with Crippen LogP contribution in [0.25, 0.3) is 0 Å². The number of hydrogen-bond donors (Lipinski definition) is 2. The van der Waals surface area contributed by atoms with Crippen molar-refractivity contribution in [3.8, 4) is 11.6 Å². The molecular weight excluding hydrogens is 255 g/mol. The fourth-order valence-corrected chi connectivity index (χ4v) is 1.63. The van der Waals surface area contributed by atoms with Crippen molar-refractivity contribution in [3.05, 3.63) is 36.1 Å². The molecule has 3 N–H and O–H groups in total. The number of para-hydroxylation sites is 1. The molecule has 0 saturated carbocycles. The van der Waals surface area contributed by atoms with Crippen LogP contribution in [0.15, 0.2) is 35.5 Å². The van der Waals surface area contributed by atoms with Crippen LogP contribution in [0.4, 0.5) is 10.2 Å². The van der Waals surface area contributed by atoms with E-state index in [0.29, 0.717) is 11.0 Å². The lowest BCUT2D eigenvalue weighted by Crippen LogP contribution is -2.09. The second kappa shape index (κ2) is 5.65. The predicted octanol–water partition coefficient (Wildman–Crippen LogP) is 2.42. The molecule has 0 spiro atoms. The van der Waals surface area contributed by atoms with Gasteiger partial charge >= 0.3 is 0 Å². The summed E-state index contributed by atoms with van der Waals surface area (Å²) in [5.41, 5.74) is 2.40. The van der Waals surface area contributed by atoms with Crippen LogP contribution in [0.5, 0.6) is 11.6 Å². The first-order chi connectivity index (χ1) is 8.72. The molecule has 2 rings (SSSR count). The highest BCUT2D eigenvalue weighted by molar-refractivity contribution is 7.98. The summed E-state index contributed by atoms with van der Waals surface area (Å²) in [6.07, 6.45) is 1.82. The summed E-state index contributed by atoms with van der Waals surface area (Å²) >= 11 is 1.34. The minimum absolute atomic E-state index is 0.103. The molecule has 0 saturated heterocycles. The molecule has 94 valence electrons. The molecule has 7 heteroatoms. The van der Waals surface area contributed by atoms with Crippen LogP contribution in [0.1, 0.15) is 0 Å². The zero-order valence-electron chi connectivity index (χ0n) is 9.55. The van der Waals surface area contributed by atoms with Gasteiger partial charge in [0.25, 0.3) is 0 Å². The minimum atomic E-state index is -0.455. The minimum Gasteiger partial charge on any atom is -0.436 e. The van der Waals surface area contributed by atoms with Crippen molar-refractivity contribution < 1.29 is 9.13 Å². The molecule has 0 radical (unpaired) electrons. The number of nitrogens with one attached hydrogen (secondary N) is 1. The molecule has 18 heavy (non-hydrogen) atoms. The second-order valence-corrected chi connectivity index (χ2v) is 4.03. The number of halogens is 1. The van der Waals surface area contributed by atoms with Gasteiger partial charge in [0.05, 0.1) is 0 Å². The molecule has 0 unspecified atom stereocenters. The highest BCUT2D eigenvalue weighted by Gasteiger charge is 2.08. The predicted molar refractivity (Wildman–Crippen MR) is 68.1 cm³/mol. The Kier molecular flexibility index (Phi) is 3.96. The molecule has 0 bridgehead atoms. The van der Waals surface area contributed by atoms with Crippen molar-refractivity contribution in [2.24, 2.45) is 5.84 Å². The summed E-state index contributed by atoms with van der Waals surface area (Å²) < 4.78 is 18.8. The van der Waals surface area contributed by atoms with E-state index in [1.165, 1.54) is 30.0 Å². The first-order valence-corrected chi connectivity index (χ1v) is 6.27. The Morgan fingerprint density at radius 3 is 2.78 bits per heavy atom. The maximum absolute atomic E-state index is 13.4. The molecule has 0 aliphatic heterocycles. The SMILES string of the molecule is CSc1nc(NN)cc(Oc2ccccc2F)n1. The third-order valence-corrected chi connectivity index (χ3v) is 2.61. The van der Waals surface area contributed by atoms with Crippen molar-refractivity contribution in [1.82, 2.24) is 9.97 Å². The highest BCUT2D eigenvalue weighted by Crippen LogP contribution is 2.25. The number of hydrogen-bond acceptors (Lipinski definition) is 6. The van der Waals surface area contributed by atoms with Crippen LogP contribution in [0.2, 0.25) is 0 Å². The van der Waals surface area contributed by atoms with Gasteiger partial charge in [0.15, 0.2) is 16.7 Å².